The van der Waals surface area contributed by atoms with Gasteiger partial charge < -0.3 is 0 Å². The summed E-state index contributed by atoms with van der Waals surface area (Å²) in [6, 6.07) is 0. The average Bonchev–Trinajstić information content (AvgIpc) is 2.67. The molecular weight excluding hydrogens is 242 g/mol. The van der Waals surface area contributed by atoms with Crippen LogP contribution in [-0.2, 0) is 13.5 Å². The minimum Gasteiger partial charge on any atom is -0.188 e. The summed E-state index contributed by atoms with van der Waals surface area (Å²) in [7, 11) is 1.87. The Bertz CT molecular complexity index is 310. The van der Waals surface area contributed by atoms with Crippen LogP contribution in [0.3, 0.4) is 0 Å². The minimum atomic E-state index is 0.698. The first kappa shape index (κ1) is 10.1. The van der Waals surface area contributed by atoms with Gasteiger partial charge in [0.2, 0.25) is 0 Å². The van der Waals surface area contributed by atoms with Crippen LogP contribution >= 0.6 is 15.9 Å². The van der Waals surface area contributed by atoms with Crippen LogP contribution in [0.25, 0.3) is 0 Å². The van der Waals surface area contributed by atoms with Gasteiger partial charge in [0.15, 0.2) is 0 Å². The summed E-state index contributed by atoms with van der Waals surface area (Å²) in [6.45, 7) is 2.33. The summed E-state index contributed by atoms with van der Waals surface area (Å²) in [5.74, 6) is 1.54. The molecule has 3 unspecified atom stereocenters. The zero-order chi connectivity index (χ0) is 10.1. The quantitative estimate of drug-likeness (QED) is 0.761. The lowest BCUT2D eigenvalue weighted by atomic mass is 9.93. The van der Waals surface area contributed by atoms with Gasteiger partial charge in [-0.2, -0.15) is 15.0 Å². The van der Waals surface area contributed by atoms with Gasteiger partial charge in [-0.15, -0.1) is 0 Å². The second kappa shape index (κ2) is 4.01. The monoisotopic (exact) mass is 257 g/mol. The van der Waals surface area contributed by atoms with Crippen molar-refractivity contribution in [2.75, 3.05) is 0 Å². The van der Waals surface area contributed by atoms with Crippen molar-refractivity contribution in [2.24, 2.45) is 18.9 Å². The van der Waals surface area contributed by atoms with Crippen LogP contribution in [0, 0.1) is 11.8 Å². The van der Waals surface area contributed by atoms with Gasteiger partial charge in [-0.05, 0) is 31.1 Å². The van der Waals surface area contributed by atoms with Gasteiger partial charge in [0.1, 0.15) is 0 Å². The van der Waals surface area contributed by atoms with Gasteiger partial charge in [-0.3, -0.25) is 0 Å². The topological polar surface area (TPSA) is 30.7 Å². The maximum absolute atomic E-state index is 4.32. The lowest BCUT2D eigenvalue weighted by Gasteiger charge is -2.15. The average molecular weight is 258 g/mol. The molecule has 1 heterocycles. The van der Waals surface area contributed by atoms with E-state index in [4.69, 9.17) is 0 Å². The fraction of sp³-hybridized carbons (Fsp3) is 0.800. The van der Waals surface area contributed by atoms with Gasteiger partial charge in [0.05, 0.1) is 11.9 Å². The molecule has 3 nitrogen and oxygen atoms in total. The Labute approximate surface area is 93.0 Å². The molecule has 3 atom stereocenters. The predicted molar refractivity (Wildman–Crippen MR) is 59.3 cm³/mol. The minimum absolute atomic E-state index is 0.698. The van der Waals surface area contributed by atoms with Gasteiger partial charge in [-0.1, -0.05) is 22.9 Å². The highest BCUT2D eigenvalue weighted by molar-refractivity contribution is 9.09. The molecule has 1 aromatic heterocycles. The molecule has 14 heavy (non-hydrogen) atoms. The summed E-state index contributed by atoms with van der Waals surface area (Å²) < 4.78 is 0. The fourth-order valence-electron chi connectivity index (χ4n) is 2.23. The summed E-state index contributed by atoms with van der Waals surface area (Å²) in [4.78, 5) is 2.34. The number of hydrogen-bond donors (Lipinski definition) is 0. The Balaban J connectivity index is 1.98. The van der Waals surface area contributed by atoms with Gasteiger partial charge in [0.25, 0.3) is 0 Å². The van der Waals surface area contributed by atoms with Crippen molar-refractivity contribution in [3.63, 3.8) is 0 Å². The first-order valence-electron chi connectivity index (χ1n) is 5.16. The SMILES string of the molecule is CC1C(Br)CCC1Cc1cnn(C)n1. The highest BCUT2D eigenvalue weighted by Gasteiger charge is 2.31. The van der Waals surface area contributed by atoms with Crippen LogP contribution in [0.5, 0.6) is 0 Å². The van der Waals surface area contributed by atoms with Gasteiger partial charge >= 0.3 is 0 Å². The van der Waals surface area contributed by atoms with E-state index in [-0.39, 0.29) is 0 Å². The Morgan fingerprint density at radius 2 is 2.36 bits per heavy atom. The molecule has 0 radical (unpaired) electrons. The summed E-state index contributed by atoms with van der Waals surface area (Å²) in [5, 5.41) is 8.42. The van der Waals surface area contributed by atoms with E-state index in [0.717, 1.165) is 24.0 Å². The lowest BCUT2D eigenvalue weighted by molar-refractivity contribution is 0.418. The second-order valence-electron chi connectivity index (χ2n) is 4.24. The number of hydrogen-bond acceptors (Lipinski definition) is 2. The van der Waals surface area contributed by atoms with E-state index >= 15 is 0 Å². The van der Waals surface area contributed by atoms with Crippen molar-refractivity contribution in [1.82, 2.24) is 15.0 Å². The molecule has 2 rings (SSSR count). The van der Waals surface area contributed by atoms with Crippen LogP contribution in [0.4, 0.5) is 0 Å². The zero-order valence-electron chi connectivity index (χ0n) is 8.65. The maximum atomic E-state index is 4.32. The summed E-state index contributed by atoms with van der Waals surface area (Å²) >= 11 is 3.72. The largest absolute Gasteiger partial charge is 0.188 e. The summed E-state index contributed by atoms with van der Waals surface area (Å²) in [5.41, 5.74) is 1.13. The van der Waals surface area contributed by atoms with Gasteiger partial charge in [0, 0.05) is 11.9 Å². The molecule has 1 aliphatic carbocycles. The molecule has 78 valence electrons. The zero-order valence-corrected chi connectivity index (χ0v) is 10.2. The third-order valence-electron chi connectivity index (χ3n) is 3.25. The number of alkyl halides is 1. The number of aryl methyl sites for hydroxylation is 1. The van der Waals surface area contributed by atoms with Crippen LogP contribution in [0.1, 0.15) is 25.5 Å². The molecule has 4 heteroatoms. The molecule has 1 aliphatic rings. The molecule has 0 saturated heterocycles. The smallest absolute Gasteiger partial charge is 0.0830 e. The standard InChI is InChI=1S/C10H16BrN3/c1-7-8(3-4-10(7)11)5-9-6-12-14(2)13-9/h6-8,10H,3-5H2,1-2H3. The maximum Gasteiger partial charge on any atom is 0.0830 e. The van der Waals surface area contributed by atoms with Crippen LogP contribution in [-0.4, -0.2) is 19.8 Å². The Morgan fingerprint density at radius 3 is 2.86 bits per heavy atom. The highest BCUT2D eigenvalue weighted by atomic mass is 79.9. The van der Waals surface area contributed by atoms with Gasteiger partial charge in [-0.25, -0.2) is 0 Å². The molecule has 1 aromatic rings. The molecule has 0 aromatic carbocycles. The Kier molecular flexibility index (Phi) is 2.91. The number of rotatable bonds is 2. The molecule has 1 saturated carbocycles. The third kappa shape index (κ3) is 2.00. The van der Waals surface area contributed by atoms with Crippen LogP contribution in [0.15, 0.2) is 6.20 Å². The highest BCUT2D eigenvalue weighted by Crippen LogP contribution is 2.37. The Hall–Kier alpha value is -0.380. The van der Waals surface area contributed by atoms with E-state index in [1.54, 1.807) is 4.80 Å². The molecule has 0 spiro atoms. The third-order valence-corrected chi connectivity index (χ3v) is 4.54. The summed E-state index contributed by atoms with van der Waals surface area (Å²) in [6.07, 6.45) is 5.57. The van der Waals surface area contributed by atoms with Crippen molar-refractivity contribution < 1.29 is 0 Å². The molecule has 0 N–H and O–H groups in total. The van der Waals surface area contributed by atoms with Crippen LogP contribution in [0.2, 0.25) is 0 Å². The Morgan fingerprint density at radius 1 is 1.57 bits per heavy atom. The number of nitrogens with zero attached hydrogens (tertiary/aromatic N) is 3. The van der Waals surface area contributed by atoms with Crippen molar-refractivity contribution >= 4 is 15.9 Å². The predicted octanol–water partition coefficient (Wildman–Crippen LogP) is 2.17. The van der Waals surface area contributed by atoms with E-state index in [1.807, 2.05) is 13.2 Å². The molecule has 0 bridgehead atoms. The molecular formula is C10H16BrN3. The lowest BCUT2D eigenvalue weighted by Crippen LogP contribution is -2.13. The molecule has 0 amide bonds. The van der Waals surface area contributed by atoms with Crippen molar-refractivity contribution in [3.05, 3.63) is 11.9 Å². The molecule has 0 aliphatic heterocycles. The van der Waals surface area contributed by atoms with E-state index in [1.165, 1.54) is 12.8 Å². The van der Waals surface area contributed by atoms with Crippen LogP contribution < -0.4 is 0 Å². The van der Waals surface area contributed by atoms with E-state index < -0.39 is 0 Å². The molecule has 1 fully saturated rings. The van der Waals surface area contributed by atoms with Crippen molar-refractivity contribution in [3.8, 4) is 0 Å². The normalized spacial score (nSPS) is 32.4. The number of halogens is 1. The van der Waals surface area contributed by atoms with Crippen molar-refractivity contribution in [2.45, 2.75) is 31.0 Å². The fourth-order valence-corrected chi connectivity index (χ4v) is 2.93. The first-order valence-corrected chi connectivity index (χ1v) is 6.07. The number of aromatic nitrogens is 3. The van der Waals surface area contributed by atoms with E-state index in [2.05, 4.69) is 33.1 Å². The first-order chi connectivity index (χ1) is 6.66. The van der Waals surface area contributed by atoms with Crippen molar-refractivity contribution in [1.29, 1.82) is 0 Å². The second-order valence-corrected chi connectivity index (χ2v) is 5.42. The van der Waals surface area contributed by atoms with E-state index in [0.29, 0.717) is 4.83 Å². The van der Waals surface area contributed by atoms with E-state index in [9.17, 15) is 0 Å².